The number of benzene rings is 1. The van der Waals surface area contributed by atoms with Crippen LogP contribution in [-0.2, 0) is 9.53 Å². The summed E-state index contributed by atoms with van der Waals surface area (Å²) in [6, 6.07) is 3.78. The molecule has 100 valence electrons. The Labute approximate surface area is 111 Å². The maximum atomic E-state index is 13.3. The first-order valence-corrected chi connectivity index (χ1v) is 5.65. The van der Waals surface area contributed by atoms with Crippen molar-refractivity contribution in [3.8, 4) is 11.8 Å². The maximum Gasteiger partial charge on any atom is 0.337 e. The number of hydrogen-bond acceptors (Lipinski definition) is 3. The Morgan fingerprint density at radius 3 is 2.74 bits per heavy atom. The third kappa shape index (κ3) is 5.21. The van der Waals surface area contributed by atoms with Gasteiger partial charge in [0.05, 0.1) is 12.7 Å². The van der Waals surface area contributed by atoms with E-state index in [-0.39, 0.29) is 11.5 Å². The van der Waals surface area contributed by atoms with Crippen molar-refractivity contribution < 1.29 is 18.7 Å². The predicted octanol–water partition coefficient (Wildman–Crippen LogP) is 1.49. The number of ether oxygens (including phenoxy) is 1. The molecule has 0 heterocycles. The van der Waals surface area contributed by atoms with E-state index in [2.05, 4.69) is 21.9 Å². The normalized spacial score (nSPS) is 9.21. The van der Waals surface area contributed by atoms with E-state index >= 15 is 0 Å². The highest BCUT2D eigenvalue weighted by Crippen LogP contribution is 2.09. The molecule has 0 aliphatic carbocycles. The zero-order chi connectivity index (χ0) is 14.3. The van der Waals surface area contributed by atoms with Gasteiger partial charge in [0.2, 0.25) is 5.91 Å². The van der Waals surface area contributed by atoms with Gasteiger partial charge >= 0.3 is 5.97 Å². The molecule has 0 aliphatic rings. The third-order valence-electron chi connectivity index (χ3n) is 2.18. The van der Waals surface area contributed by atoms with Gasteiger partial charge in [0.15, 0.2) is 0 Å². The van der Waals surface area contributed by atoms with Crippen molar-refractivity contribution >= 4 is 11.9 Å². The molecule has 1 N–H and O–H groups in total. The van der Waals surface area contributed by atoms with Gasteiger partial charge in [0.1, 0.15) is 5.82 Å². The molecule has 4 nitrogen and oxygen atoms in total. The van der Waals surface area contributed by atoms with Gasteiger partial charge in [-0.2, -0.15) is 0 Å². The Kier molecular flexibility index (Phi) is 5.55. The van der Waals surface area contributed by atoms with E-state index in [0.29, 0.717) is 18.5 Å². The van der Waals surface area contributed by atoms with Crippen LogP contribution in [0.25, 0.3) is 0 Å². The molecule has 1 aromatic carbocycles. The molecule has 0 bridgehead atoms. The van der Waals surface area contributed by atoms with E-state index in [9.17, 15) is 14.0 Å². The summed E-state index contributed by atoms with van der Waals surface area (Å²) >= 11 is 0. The van der Waals surface area contributed by atoms with Gasteiger partial charge in [0, 0.05) is 25.5 Å². The Hall–Kier alpha value is -2.35. The topological polar surface area (TPSA) is 55.4 Å². The summed E-state index contributed by atoms with van der Waals surface area (Å²) in [4.78, 5) is 21.9. The number of carbonyl (C=O) groups excluding carboxylic acids is 2. The number of rotatable bonds is 3. The zero-order valence-corrected chi connectivity index (χ0v) is 10.7. The van der Waals surface area contributed by atoms with Crippen molar-refractivity contribution in [2.75, 3.05) is 13.7 Å². The van der Waals surface area contributed by atoms with Gasteiger partial charge in [-0.25, -0.2) is 9.18 Å². The number of amides is 1. The van der Waals surface area contributed by atoms with E-state index < -0.39 is 11.8 Å². The summed E-state index contributed by atoms with van der Waals surface area (Å²) in [5.41, 5.74) is 0.511. The van der Waals surface area contributed by atoms with E-state index in [1.54, 1.807) is 0 Å². The molecule has 0 saturated carbocycles. The lowest BCUT2D eigenvalue weighted by Crippen LogP contribution is -2.20. The van der Waals surface area contributed by atoms with Gasteiger partial charge in [-0.1, -0.05) is 11.8 Å². The van der Waals surface area contributed by atoms with Crippen LogP contribution in [0.4, 0.5) is 4.39 Å². The van der Waals surface area contributed by atoms with Gasteiger partial charge in [-0.3, -0.25) is 4.79 Å². The Bertz CT molecular complexity index is 543. The smallest absolute Gasteiger partial charge is 0.337 e. The van der Waals surface area contributed by atoms with Gasteiger partial charge in [-0.15, -0.1) is 0 Å². The van der Waals surface area contributed by atoms with Crippen molar-refractivity contribution in [2.45, 2.75) is 13.3 Å². The molecule has 0 saturated heterocycles. The molecule has 5 heteroatoms. The highest BCUT2D eigenvalue weighted by Gasteiger charge is 2.07. The molecule has 19 heavy (non-hydrogen) atoms. The average molecular weight is 263 g/mol. The van der Waals surface area contributed by atoms with Crippen molar-refractivity contribution in [2.24, 2.45) is 0 Å². The first-order chi connectivity index (χ1) is 9.02. The second-order valence-electron chi connectivity index (χ2n) is 3.75. The zero-order valence-electron chi connectivity index (χ0n) is 10.7. The predicted molar refractivity (Wildman–Crippen MR) is 67.9 cm³/mol. The summed E-state index contributed by atoms with van der Waals surface area (Å²) in [5, 5.41) is 2.59. The van der Waals surface area contributed by atoms with Crippen LogP contribution in [-0.4, -0.2) is 25.5 Å². The minimum absolute atomic E-state index is 0.119. The number of carbonyl (C=O) groups is 2. The summed E-state index contributed by atoms with van der Waals surface area (Å²) in [6.07, 6.45) is 0.448. The highest BCUT2D eigenvalue weighted by molar-refractivity contribution is 5.89. The summed E-state index contributed by atoms with van der Waals surface area (Å²) in [5.74, 6) is 4.23. The summed E-state index contributed by atoms with van der Waals surface area (Å²) < 4.78 is 17.8. The van der Waals surface area contributed by atoms with Crippen LogP contribution in [0, 0.1) is 17.7 Å². The van der Waals surface area contributed by atoms with Crippen molar-refractivity contribution in [3.63, 3.8) is 0 Å². The molecular weight excluding hydrogens is 249 g/mol. The van der Waals surface area contributed by atoms with Crippen molar-refractivity contribution in [1.29, 1.82) is 0 Å². The lowest BCUT2D eigenvalue weighted by Gasteiger charge is -2.00. The van der Waals surface area contributed by atoms with E-state index in [0.717, 1.165) is 6.07 Å². The molecule has 1 amide bonds. The van der Waals surface area contributed by atoms with E-state index in [1.807, 2.05) is 0 Å². The Morgan fingerprint density at radius 2 is 2.11 bits per heavy atom. The fourth-order valence-electron chi connectivity index (χ4n) is 1.36. The summed E-state index contributed by atoms with van der Waals surface area (Å²) in [6.45, 7) is 1.85. The van der Waals surface area contributed by atoms with Crippen LogP contribution in [0.5, 0.6) is 0 Å². The lowest BCUT2D eigenvalue weighted by atomic mass is 10.1. The van der Waals surface area contributed by atoms with Gasteiger partial charge in [0.25, 0.3) is 0 Å². The largest absolute Gasteiger partial charge is 0.465 e. The maximum absolute atomic E-state index is 13.3. The standard InChI is InChI=1S/C14H14FNO3/c1-10(17)16-6-4-3-5-11-7-12(14(18)19-2)9-13(15)8-11/h7-9H,4,6H2,1-2H3,(H,16,17). The molecular formula is C14H14FNO3. The van der Waals surface area contributed by atoms with Crippen LogP contribution in [0.2, 0.25) is 0 Å². The van der Waals surface area contributed by atoms with Crippen LogP contribution < -0.4 is 5.32 Å². The SMILES string of the molecule is COC(=O)c1cc(F)cc(C#CCCNC(C)=O)c1. The quantitative estimate of drug-likeness (QED) is 0.510. The van der Waals surface area contributed by atoms with Gasteiger partial charge in [-0.05, 0) is 18.2 Å². The molecule has 0 atom stereocenters. The first-order valence-electron chi connectivity index (χ1n) is 5.65. The van der Waals surface area contributed by atoms with Crippen LogP contribution in [0.3, 0.4) is 0 Å². The molecule has 0 fully saturated rings. The van der Waals surface area contributed by atoms with Crippen LogP contribution in [0.15, 0.2) is 18.2 Å². The molecule has 0 spiro atoms. The Morgan fingerprint density at radius 1 is 1.37 bits per heavy atom. The average Bonchev–Trinajstić information content (AvgIpc) is 2.36. The molecule has 1 aromatic rings. The highest BCUT2D eigenvalue weighted by atomic mass is 19.1. The number of methoxy groups -OCH3 is 1. The molecule has 0 unspecified atom stereocenters. The Balaban J connectivity index is 2.73. The van der Waals surface area contributed by atoms with E-state index in [1.165, 1.54) is 26.2 Å². The molecule has 0 aromatic heterocycles. The van der Waals surface area contributed by atoms with Gasteiger partial charge < -0.3 is 10.1 Å². The molecule has 1 rings (SSSR count). The minimum Gasteiger partial charge on any atom is -0.465 e. The minimum atomic E-state index is -0.610. The monoisotopic (exact) mass is 263 g/mol. The second-order valence-corrected chi connectivity index (χ2v) is 3.75. The lowest BCUT2D eigenvalue weighted by molar-refractivity contribution is -0.118. The third-order valence-corrected chi connectivity index (χ3v) is 2.18. The van der Waals surface area contributed by atoms with Crippen LogP contribution in [0.1, 0.15) is 29.3 Å². The van der Waals surface area contributed by atoms with E-state index in [4.69, 9.17) is 0 Å². The number of esters is 1. The van der Waals surface area contributed by atoms with Crippen molar-refractivity contribution in [3.05, 3.63) is 35.1 Å². The fraction of sp³-hybridized carbons (Fsp3) is 0.286. The molecule has 0 radical (unpaired) electrons. The number of halogens is 1. The number of hydrogen-bond donors (Lipinski definition) is 1. The van der Waals surface area contributed by atoms with Crippen molar-refractivity contribution in [1.82, 2.24) is 5.32 Å². The first kappa shape index (κ1) is 14.7. The molecule has 0 aliphatic heterocycles. The summed E-state index contributed by atoms with van der Waals surface area (Å²) in [7, 11) is 1.23. The van der Waals surface area contributed by atoms with Crippen LogP contribution >= 0.6 is 0 Å². The second kappa shape index (κ2) is 7.17. The number of nitrogens with one attached hydrogen (secondary N) is 1. The fourth-order valence-corrected chi connectivity index (χ4v) is 1.36.